The van der Waals surface area contributed by atoms with Crippen LogP contribution in [0.1, 0.15) is 18.4 Å². The van der Waals surface area contributed by atoms with Crippen LogP contribution < -0.4 is 10.2 Å². The van der Waals surface area contributed by atoms with Gasteiger partial charge < -0.3 is 35.7 Å². The van der Waals surface area contributed by atoms with Crippen molar-refractivity contribution in [2.45, 2.75) is 25.4 Å². The van der Waals surface area contributed by atoms with Crippen molar-refractivity contribution >= 4 is 35.1 Å². The number of benzene rings is 2. The Morgan fingerprint density at radius 1 is 1.00 bits per heavy atom. The fourth-order valence-corrected chi connectivity index (χ4v) is 3.13. The smallest absolute Gasteiger partial charge is 0.336 e. The number of aliphatic carboxylic acids is 3. The molecule has 0 bridgehead atoms. The third-order valence-corrected chi connectivity index (χ3v) is 4.82. The summed E-state index contributed by atoms with van der Waals surface area (Å²) >= 11 is 0. The number of aliphatic imine (C=N–C) groups is 1. The van der Waals surface area contributed by atoms with Gasteiger partial charge in [0, 0.05) is 24.0 Å². The second-order valence-electron chi connectivity index (χ2n) is 7.67. The van der Waals surface area contributed by atoms with Crippen LogP contribution in [0.3, 0.4) is 0 Å². The van der Waals surface area contributed by atoms with Gasteiger partial charge in [-0.1, -0.05) is 23.8 Å². The van der Waals surface area contributed by atoms with E-state index in [1.807, 2.05) is 12.1 Å². The van der Waals surface area contributed by atoms with Crippen LogP contribution in [0.15, 0.2) is 53.5 Å². The lowest BCUT2D eigenvalue weighted by Gasteiger charge is -2.25. The van der Waals surface area contributed by atoms with Crippen molar-refractivity contribution in [3.05, 3.63) is 54.1 Å². The standard InChI is InChI=1S/C17H19N3O.C6H8O7/c1-13-5-7-14(8-6-13)20(12-17-18-9-10-19-17)15-3-2-4-16(21)11-15;7-3(8)1-6(13,5(11)12)2-4(9)10/h2-8,11,21H,9-10,12H2,1H3,(H,18,19);13H,1-2H2,(H,7,8)(H,9,10)(H,11,12). The van der Waals surface area contributed by atoms with Crippen molar-refractivity contribution in [3.63, 3.8) is 0 Å². The van der Waals surface area contributed by atoms with Gasteiger partial charge in [-0.2, -0.15) is 0 Å². The molecule has 0 unspecified atom stereocenters. The van der Waals surface area contributed by atoms with Gasteiger partial charge in [-0.05, 0) is 31.2 Å². The molecule has 0 atom stereocenters. The lowest BCUT2D eigenvalue weighted by Crippen LogP contribution is -2.42. The Balaban J connectivity index is 0.000000273. The molecule has 0 aliphatic carbocycles. The molecule has 3 rings (SSSR count). The molecule has 0 aromatic heterocycles. The summed E-state index contributed by atoms with van der Waals surface area (Å²) in [5, 5.41) is 46.9. The Kier molecular flexibility index (Phi) is 8.96. The summed E-state index contributed by atoms with van der Waals surface area (Å²) in [6, 6.07) is 15.7. The largest absolute Gasteiger partial charge is 0.508 e. The van der Waals surface area contributed by atoms with Crippen LogP contribution >= 0.6 is 0 Å². The van der Waals surface area contributed by atoms with Crippen LogP contribution in [0.2, 0.25) is 0 Å². The van der Waals surface area contributed by atoms with Gasteiger partial charge in [0.05, 0.1) is 25.9 Å². The first-order chi connectivity index (χ1) is 16.0. The molecule has 0 saturated heterocycles. The lowest BCUT2D eigenvalue weighted by molar-refractivity contribution is -0.170. The molecule has 0 radical (unpaired) electrons. The highest BCUT2D eigenvalue weighted by Crippen LogP contribution is 2.28. The molecule has 34 heavy (non-hydrogen) atoms. The number of hydrogen-bond acceptors (Lipinski definition) is 8. The average Bonchev–Trinajstić information content (AvgIpc) is 3.25. The van der Waals surface area contributed by atoms with E-state index < -0.39 is 36.4 Å². The molecule has 2 aromatic rings. The first-order valence-electron chi connectivity index (χ1n) is 10.3. The van der Waals surface area contributed by atoms with Crippen molar-refractivity contribution in [1.82, 2.24) is 5.32 Å². The lowest BCUT2D eigenvalue weighted by atomic mass is 9.96. The fourth-order valence-electron chi connectivity index (χ4n) is 3.13. The number of hydrogen-bond donors (Lipinski definition) is 6. The van der Waals surface area contributed by atoms with E-state index in [9.17, 15) is 19.5 Å². The molecule has 11 nitrogen and oxygen atoms in total. The summed E-state index contributed by atoms with van der Waals surface area (Å²) in [4.78, 5) is 37.1. The maximum atomic E-state index is 10.3. The average molecular weight is 473 g/mol. The maximum Gasteiger partial charge on any atom is 0.336 e. The van der Waals surface area contributed by atoms with Gasteiger partial charge in [-0.25, -0.2) is 4.79 Å². The second kappa shape index (κ2) is 11.7. The number of aryl methyl sites for hydroxylation is 1. The Morgan fingerprint density at radius 2 is 1.62 bits per heavy atom. The number of amidine groups is 1. The SMILES string of the molecule is Cc1ccc(N(CC2=NCCN2)c2cccc(O)c2)cc1.O=C(O)CC(O)(CC(=O)O)C(=O)O. The Bertz CT molecular complexity index is 1040. The number of carbonyl (C=O) groups is 3. The third kappa shape index (κ3) is 7.78. The molecule has 0 amide bonds. The van der Waals surface area contributed by atoms with Crippen LogP contribution in [0, 0.1) is 6.92 Å². The van der Waals surface area contributed by atoms with E-state index in [0.29, 0.717) is 6.54 Å². The van der Waals surface area contributed by atoms with Crippen LogP contribution in [-0.2, 0) is 14.4 Å². The Morgan fingerprint density at radius 3 is 2.09 bits per heavy atom. The number of aromatic hydroxyl groups is 1. The predicted octanol–water partition coefficient (Wildman–Crippen LogP) is 1.59. The van der Waals surface area contributed by atoms with Crippen LogP contribution in [0.25, 0.3) is 0 Å². The zero-order valence-electron chi connectivity index (χ0n) is 18.5. The molecular weight excluding hydrogens is 446 g/mol. The third-order valence-electron chi connectivity index (χ3n) is 4.82. The minimum Gasteiger partial charge on any atom is -0.508 e. The summed E-state index contributed by atoms with van der Waals surface area (Å²) in [6.07, 6.45) is -2.29. The van der Waals surface area contributed by atoms with Crippen LogP contribution in [0.5, 0.6) is 5.75 Å². The molecule has 182 valence electrons. The fraction of sp³-hybridized carbons (Fsp3) is 0.304. The number of carboxylic acids is 3. The number of nitrogens with one attached hydrogen (secondary N) is 1. The molecular formula is C23H27N3O8. The molecule has 6 N–H and O–H groups in total. The molecule has 2 aromatic carbocycles. The topological polar surface area (TPSA) is 180 Å². The van der Waals surface area contributed by atoms with Gasteiger partial charge in [-0.3, -0.25) is 14.6 Å². The Labute approximate surface area is 195 Å². The van der Waals surface area contributed by atoms with Crippen LogP contribution in [0.4, 0.5) is 11.4 Å². The molecule has 0 saturated carbocycles. The van der Waals surface area contributed by atoms with Gasteiger partial charge in [0.25, 0.3) is 0 Å². The zero-order valence-corrected chi connectivity index (χ0v) is 18.5. The number of carboxylic acid groups (broad SMARTS) is 3. The second-order valence-corrected chi connectivity index (χ2v) is 7.67. The maximum absolute atomic E-state index is 10.3. The minimum absolute atomic E-state index is 0.269. The molecule has 11 heteroatoms. The van der Waals surface area contributed by atoms with E-state index in [0.717, 1.165) is 30.3 Å². The number of aliphatic hydroxyl groups is 1. The van der Waals surface area contributed by atoms with Crippen molar-refractivity contribution in [2.24, 2.45) is 4.99 Å². The summed E-state index contributed by atoms with van der Waals surface area (Å²) < 4.78 is 0. The normalized spacial score (nSPS) is 12.6. The summed E-state index contributed by atoms with van der Waals surface area (Å²) in [5.41, 5.74) is 0.529. The number of phenols is 1. The van der Waals surface area contributed by atoms with Crippen molar-refractivity contribution < 1.29 is 39.9 Å². The first kappa shape index (κ1) is 26.1. The highest BCUT2D eigenvalue weighted by atomic mass is 16.4. The van der Waals surface area contributed by atoms with E-state index in [4.69, 9.17) is 20.4 Å². The first-order valence-corrected chi connectivity index (χ1v) is 10.3. The molecule has 0 fully saturated rings. The summed E-state index contributed by atoms with van der Waals surface area (Å²) in [7, 11) is 0. The van der Waals surface area contributed by atoms with Gasteiger partial charge in [0.15, 0.2) is 5.60 Å². The number of rotatable bonds is 9. The molecule has 1 aliphatic rings. The van der Waals surface area contributed by atoms with Gasteiger partial charge >= 0.3 is 17.9 Å². The van der Waals surface area contributed by atoms with E-state index in [-0.39, 0.29) is 5.75 Å². The van der Waals surface area contributed by atoms with Crippen molar-refractivity contribution in [3.8, 4) is 5.75 Å². The quantitative estimate of drug-likeness (QED) is 0.313. The summed E-state index contributed by atoms with van der Waals surface area (Å²) in [6.45, 7) is 4.48. The summed E-state index contributed by atoms with van der Waals surface area (Å²) in [5.74, 6) is -3.76. The molecule has 0 spiro atoms. The highest BCUT2D eigenvalue weighted by molar-refractivity contribution is 5.90. The number of phenolic OH excluding ortho intramolecular Hbond substituents is 1. The monoisotopic (exact) mass is 473 g/mol. The van der Waals surface area contributed by atoms with E-state index in [1.165, 1.54) is 5.56 Å². The van der Waals surface area contributed by atoms with E-state index in [1.54, 1.807) is 12.1 Å². The van der Waals surface area contributed by atoms with Gasteiger partial charge in [-0.15, -0.1) is 0 Å². The minimum atomic E-state index is -2.74. The number of nitrogens with zero attached hydrogens (tertiary/aromatic N) is 2. The molecule has 1 heterocycles. The van der Waals surface area contributed by atoms with Crippen molar-refractivity contribution in [2.75, 3.05) is 24.5 Å². The predicted molar refractivity (Wildman–Crippen MR) is 124 cm³/mol. The highest BCUT2D eigenvalue weighted by Gasteiger charge is 2.40. The molecule has 1 aliphatic heterocycles. The van der Waals surface area contributed by atoms with Crippen molar-refractivity contribution in [1.29, 1.82) is 0 Å². The van der Waals surface area contributed by atoms with Gasteiger partial charge in [0.1, 0.15) is 11.6 Å². The zero-order chi connectivity index (χ0) is 25.3. The number of anilines is 2. The van der Waals surface area contributed by atoms with Gasteiger partial charge in [0.2, 0.25) is 0 Å². The van der Waals surface area contributed by atoms with E-state index in [2.05, 4.69) is 46.4 Å². The van der Waals surface area contributed by atoms with Crippen LogP contribution in [-0.4, -0.2) is 74.5 Å². The Hall–Kier alpha value is -4.12. The van der Waals surface area contributed by atoms with E-state index >= 15 is 0 Å².